The van der Waals surface area contributed by atoms with E-state index in [0.29, 0.717) is 6.42 Å². The van der Waals surface area contributed by atoms with Crippen molar-refractivity contribution in [2.45, 2.75) is 32.7 Å². The number of benzene rings is 1. The number of hydrogen-bond donors (Lipinski definition) is 0. The molecule has 0 aliphatic rings. The zero-order valence-corrected chi connectivity index (χ0v) is 10.6. The SMILES string of the molecule is CCc1ccccc1C(=O)N(C)C(C)CC#N. The molecule has 17 heavy (non-hydrogen) atoms. The number of carbonyl (C=O) groups excluding carboxylic acids is 1. The molecule has 1 rings (SSSR count). The first-order chi connectivity index (χ1) is 8.11. The number of nitriles is 1. The van der Waals surface area contributed by atoms with Crippen LogP contribution < -0.4 is 0 Å². The van der Waals surface area contributed by atoms with E-state index in [9.17, 15) is 4.79 Å². The minimum atomic E-state index is -0.0580. The van der Waals surface area contributed by atoms with E-state index in [2.05, 4.69) is 6.07 Å². The summed E-state index contributed by atoms with van der Waals surface area (Å²) in [7, 11) is 1.75. The fourth-order valence-corrected chi connectivity index (χ4v) is 1.70. The molecule has 1 aromatic rings. The summed E-state index contributed by atoms with van der Waals surface area (Å²) in [5.41, 5.74) is 1.79. The lowest BCUT2D eigenvalue weighted by Crippen LogP contribution is -2.35. The topological polar surface area (TPSA) is 44.1 Å². The highest BCUT2D eigenvalue weighted by atomic mass is 16.2. The van der Waals surface area contributed by atoms with E-state index in [1.807, 2.05) is 38.1 Å². The quantitative estimate of drug-likeness (QED) is 0.798. The van der Waals surface area contributed by atoms with Crippen LogP contribution in [0.25, 0.3) is 0 Å². The van der Waals surface area contributed by atoms with Gasteiger partial charge < -0.3 is 4.90 Å². The van der Waals surface area contributed by atoms with Crippen molar-refractivity contribution in [3.05, 3.63) is 35.4 Å². The van der Waals surface area contributed by atoms with Gasteiger partial charge in [-0.15, -0.1) is 0 Å². The molecule has 0 aromatic heterocycles. The molecule has 0 saturated heterocycles. The summed E-state index contributed by atoms with van der Waals surface area (Å²) < 4.78 is 0. The third kappa shape index (κ3) is 3.07. The van der Waals surface area contributed by atoms with Gasteiger partial charge >= 0.3 is 0 Å². The maximum absolute atomic E-state index is 12.3. The van der Waals surface area contributed by atoms with Crippen molar-refractivity contribution in [1.29, 1.82) is 5.26 Å². The second-order valence-corrected chi connectivity index (χ2v) is 4.14. The molecule has 1 atom stereocenters. The summed E-state index contributed by atoms with van der Waals surface area (Å²) in [6.07, 6.45) is 1.19. The molecular weight excluding hydrogens is 212 g/mol. The first kappa shape index (κ1) is 13.2. The van der Waals surface area contributed by atoms with Crippen LogP contribution in [0.15, 0.2) is 24.3 Å². The Morgan fingerprint density at radius 2 is 2.12 bits per heavy atom. The van der Waals surface area contributed by atoms with E-state index in [4.69, 9.17) is 5.26 Å². The predicted molar refractivity (Wildman–Crippen MR) is 67.6 cm³/mol. The number of rotatable bonds is 4. The highest BCUT2D eigenvalue weighted by Crippen LogP contribution is 2.14. The Balaban J connectivity index is 2.93. The molecule has 0 saturated carbocycles. The van der Waals surface area contributed by atoms with Crippen molar-refractivity contribution in [2.24, 2.45) is 0 Å². The van der Waals surface area contributed by atoms with Crippen LogP contribution in [0.1, 0.15) is 36.2 Å². The minimum Gasteiger partial charge on any atom is -0.338 e. The Morgan fingerprint density at radius 3 is 2.71 bits per heavy atom. The molecule has 3 heteroatoms. The molecule has 1 unspecified atom stereocenters. The Hall–Kier alpha value is -1.82. The van der Waals surface area contributed by atoms with Gasteiger partial charge in [0, 0.05) is 18.7 Å². The highest BCUT2D eigenvalue weighted by molar-refractivity contribution is 5.95. The normalized spacial score (nSPS) is 11.6. The number of amides is 1. The van der Waals surface area contributed by atoms with E-state index in [-0.39, 0.29) is 11.9 Å². The Kier molecular flexibility index (Phi) is 4.71. The van der Waals surface area contributed by atoms with E-state index >= 15 is 0 Å². The fourth-order valence-electron chi connectivity index (χ4n) is 1.70. The lowest BCUT2D eigenvalue weighted by atomic mass is 10.0. The summed E-state index contributed by atoms with van der Waals surface area (Å²) in [4.78, 5) is 13.9. The van der Waals surface area contributed by atoms with Gasteiger partial charge in [-0.25, -0.2) is 0 Å². The van der Waals surface area contributed by atoms with Gasteiger partial charge in [-0.3, -0.25) is 4.79 Å². The third-order valence-corrected chi connectivity index (χ3v) is 3.00. The van der Waals surface area contributed by atoms with Crippen LogP contribution in [-0.2, 0) is 6.42 Å². The molecule has 1 aromatic carbocycles. The zero-order valence-electron chi connectivity index (χ0n) is 10.6. The van der Waals surface area contributed by atoms with Gasteiger partial charge in [0.05, 0.1) is 12.5 Å². The summed E-state index contributed by atoms with van der Waals surface area (Å²) in [6, 6.07) is 9.65. The monoisotopic (exact) mass is 230 g/mol. The van der Waals surface area contributed by atoms with Gasteiger partial charge in [0.25, 0.3) is 5.91 Å². The Bertz CT molecular complexity index is 434. The van der Waals surface area contributed by atoms with E-state index in [1.165, 1.54) is 0 Å². The van der Waals surface area contributed by atoms with Gasteiger partial charge in [-0.1, -0.05) is 25.1 Å². The van der Waals surface area contributed by atoms with Crippen molar-refractivity contribution in [1.82, 2.24) is 4.90 Å². The number of hydrogen-bond acceptors (Lipinski definition) is 2. The van der Waals surface area contributed by atoms with Gasteiger partial charge in [0.2, 0.25) is 0 Å². The smallest absolute Gasteiger partial charge is 0.254 e. The van der Waals surface area contributed by atoms with E-state index in [0.717, 1.165) is 17.5 Å². The largest absolute Gasteiger partial charge is 0.338 e. The van der Waals surface area contributed by atoms with Crippen LogP contribution >= 0.6 is 0 Å². The second kappa shape index (κ2) is 6.05. The standard InChI is InChI=1S/C14H18N2O/c1-4-12-7-5-6-8-13(12)14(17)16(3)11(2)9-10-15/h5-8,11H,4,9H2,1-3H3. The molecule has 0 radical (unpaired) electrons. The van der Waals surface area contributed by atoms with Gasteiger partial charge in [0.1, 0.15) is 0 Å². The summed E-state index contributed by atoms with van der Waals surface area (Å²) >= 11 is 0. The molecule has 0 N–H and O–H groups in total. The second-order valence-electron chi connectivity index (χ2n) is 4.14. The molecule has 0 aliphatic heterocycles. The fraction of sp³-hybridized carbons (Fsp3) is 0.429. The predicted octanol–water partition coefficient (Wildman–Crippen LogP) is 2.62. The van der Waals surface area contributed by atoms with Crippen molar-refractivity contribution in [3.8, 4) is 6.07 Å². The number of carbonyl (C=O) groups is 1. The van der Waals surface area contributed by atoms with Crippen LogP contribution in [0.3, 0.4) is 0 Å². The van der Waals surface area contributed by atoms with Gasteiger partial charge in [-0.2, -0.15) is 5.26 Å². The maximum Gasteiger partial charge on any atom is 0.254 e. The summed E-state index contributed by atoms with van der Waals surface area (Å²) in [6.45, 7) is 3.92. The Labute approximate surface area is 103 Å². The van der Waals surface area contributed by atoms with Crippen molar-refractivity contribution in [2.75, 3.05) is 7.05 Å². The molecular formula is C14H18N2O. The van der Waals surface area contributed by atoms with Crippen molar-refractivity contribution < 1.29 is 4.79 Å². The van der Waals surface area contributed by atoms with E-state index < -0.39 is 0 Å². The molecule has 3 nitrogen and oxygen atoms in total. The van der Waals surface area contributed by atoms with Gasteiger partial charge in [-0.05, 0) is 25.0 Å². The lowest BCUT2D eigenvalue weighted by Gasteiger charge is -2.24. The number of nitrogens with zero attached hydrogens (tertiary/aromatic N) is 2. The molecule has 0 bridgehead atoms. The maximum atomic E-state index is 12.3. The molecule has 1 amide bonds. The minimum absolute atomic E-state index is 0.00907. The van der Waals surface area contributed by atoms with Crippen LogP contribution in [0.4, 0.5) is 0 Å². The molecule has 0 spiro atoms. The molecule has 0 fully saturated rings. The third-order valence-electron chi connectivity index (χ3n) is 3.00. The molecule has 0 heterocycles. The molecule has 90 valence electrons. The zero-order chi connectivity index (χ0) is 12.8. The van der Waals surface area contributed by atoms with Gasteiger partial charge in [0.15, 0.2) is 0 Å². The molecule has 0 aliphatic carbocycles. The van der Waals surface area contributed by atoms with E-state index in [1.54, 1.807) is 11.9 Å². The average Bonchev–Trinajstić information content (AvgIpc) is 2.37. The van der Waals surface area contributed by atoms with Crippen molar-refractivity contribution in [3.63, 3.8) is 0 Å². The first-order valence-corrected chi connectivity index (χ1v) is 5.83. The van der Waals surface area contributed by atoms with Crippen LogP contribution in [-0.4, -0.2) is 23.9 Å². The highest BCUT2D eigenvalue weighted by Gasteiger charge is 2.18. The lowest BCUT2D eigenvalue weighted by molar-refractivity contribution is 0.0745. The first-order valence-electron chi connectivity index (χ1n) is 5.83. The summed E-state index contributed by atoms with van der Waals surface area (Å²) in [5.74, 6) is -0.00907. The average molecular weight is 230 g/mol. The summed E-state index contributed by atoms with van der Waals surface area (Å²) in [5, 5.41) is 8.65. The number of aryl methyl sites for hydroxylation is 1. The Morgan fingerprint density at radius 1 is 1.47 bits per heavy atom. The van der Waals surface area contributed by atoms with Crippen LogP contribution in [0.2, 0.25) is 0 Å². The van der Waals surface area contributed by atoms with Crippen LogP contribution in [0, 0.1) is 11.3 Å². The van der Waals surface area contributed by atoms with Crippen molar-refractivity contribution >= 4 is 5.91 Å². The van der Waals surface area contributed by atoms with Crippen LogP contribution in [0.5, 0.6) is 0 Å².